The van der Waals surface area contributed by atoms with E-state index >= 15 is 0 Å². The van der Waals surface area contributed by atoms with E-state index in [4.69, 9.17) is 23.2 Å². The summed E-state index contributed by atoms with van der Waals surface area (Å²) in [4.78, 5) is 10.4. The van der Waals surface area contributed by atoms with Crippen LogP contribution in [0.4, 0.5) is 4.39 Å². The van der Waals surface area contributed by atoms with Crippen molar-refractivity contribution in [3.63, 3.8) is 0 Å². The lowest BCUT2D eigenvalue weighted by atomic mass is 10.2. The van der Waals surface area contributed by atoms with E-state index in [0.29, 0.717) is 5.56 Å². The molecule has 1 aromatic carbocycles. The molecule has 1 rings (SSSR count). The minimum Gasteiger partial charge on any atom is -0.276 e. The Morgan fingerprint density at radius 2 is 2.15 bits per heavy atom. The molecule has 0 spiro atoms. The van der Waals surface area contributed by atoms with Crippen molar-refractivity contribution in [2.45, 2.75) is 0 Å². The minimum atomic E-state index is -0.597. The third-order valence-corrected chi connectivity index (χ3v) is 1.81. The summed E-state index contributed by atoms with van der Waals surface area (Å²) in [6, 6.07) is 3.89. The third kappa shape index (κ3) is 3.17. The number of rotatable bonds is 2. The fourth-order valence-electron chi connectivity index (χ4n) is 0.792. The van der Waals surface area contributed by atoms with Gasteiger partial charge in [0, 0.05) is 0 Å². The van der Waals surface area contributed by atoms with Gasteiger partial charge in [0.15, 0.2) is 0 Å². The molecule has 0 amide bonds. The third-order valence-electron chi connectivity index (χ3n) is 1.36. The van der Waals surface area contributed by atoms with E-state index in [9.17, 15) is 9.18 Å². The van der Waals surface area contributed by atoms with Crippen molar-refractivity contribution in [3.05, 3.63) is 40.7 Å². The van der Waals surface area contributed by atoms with Crippen molar-refractivity contribution in [2.24, 2.45) is 0 Å². The Morgan fingerprint density at radius 1 is 1.46 bits per heavy atom. The highest BCUT2D eigenvalue weighted by atomic mass is 35.5. The normalized spacial score (nSPS) is 10.7. The standard InChI is InChI=1S/C9H5Cl2FO/c10-8-5-7(12)3-1-6(8)2-4-9(11)13/h1-5H. The largest absolute Gasteiger partial charge is 0.276 e. The summed E-state index contributed by atoms with van der Waals surface area (Å²) in [5.41, 5.74) is 0.553. The Hall–Kier alpha value is -0.860. The number of halogens is 3. The van der Waals surface area contributed by atoms with Crippen molar-refractivity contribution < 1.29 is 9.18 Å². The summed E-state index contributed by atoms with van der Waals surface area (Å²) in [5, 5.41) is -0.352. The van der Waals surface area contributed by atoms with Crippen LogP contribution in [0.1, 0.15) is 5.56 Å². The first kappa shape index (κ1) is 10.2. The molecule has 0 heterocycles. The molecule has 1 nitrogen and oxygen atoms in total. The van der Waals surface area contributed by atoms with Crippen LogP contribution in [0.25, 0.3) is 6.08 Å². The number of allylic oxidation sites excluding steroid dienone is 1. The van der Waals surface area contributed by atoms with Crippen LogP contribution in [0.5, 0.6) is 0 Å². The Bertz CT molecular complexity index is 361. The molecule has 0 aliphatic carbocycles. The lowest BCUT2D eigenvalue weighted by molar-refractivity contribution is -0.107. The van der Waals surface area contributed by atoms with Gasteiger partial charge < -0.3 is 0 Å². The fourth-order valence-corrected chi connectivity index (χ4v) is 1.09. The van der Waals surface area contributed by atoms with Gasteiger partial charge in [-0.1, -0.05) is 17.7 Å². The molecule has 0 aliphatic rings. The lowest BCUT2D eigenvalue weighted by Gasteiger charge is -1.96. The summed E-state index contributed by atoms with van der Waals surface area (Å²) in [6.07, 6.45) is 2.58. The second kappa shape index (κ2) is 4.40. The smallest absolute Gasteiger partial charge is 0.245 e. The quantitative estimate of drug-likeness (QED) is 0.551. The monoisotopic (exact) mass is 218 g/mol. The van der Waals surface area contributed by atoms with E-state index in [2.05, 4.69) is 0 Å². The van der Waals surface area contributed by atoms with Gasteiger partial charge in [0.25, 0.3) is 0 Å². The molecular formula is C9H5Cl2FO. The highest BCUT2D eigenvalue weighted by molar-refractivity contribution is 6.66. The Balaban J connectivity index is 2.96. The maximum atomic E-state index is 12.5. The van der Waals surface area contributed by atoms with Gasteiger partial charge in [-0.05, 0) is 41.4 Å². The Kier molecular flexibility index (Phi) is 3.46. The van der Waals surface area contributed by atoms with E-state index in [1.807, 2.05) is 0 Å². The topological polar surface area (TPSA) is 17.1 Å². The molecule has 13 heavy (non-hydrogen) atoms. The molecule has 0 unspecified atom stereocenters. The molecule has 0 saturated carbocycles. The Labute approximate surface area is 84.8 Å². The fraction of sp³-hybridized carbons (Fsp3) is 0. The number of carbonyl (C=O) groups is 1. The van der Waals surface area contributed by atoms with Gasteiger partial charge in [0.2, 0.25) is 5.24 Å². The van der Waals surface area contributed by atoms with Crippen LogP contribution in [0, 0.1) is 5.82 Å². The zero-order valence-electron chi connectivity index (χ0n) is 6.43. The average Bonchev–Trinajstić information content (AvgIpc) is 2.02. The zero-order valence-corrected chi connectivity index (χ0v) is 7.94. The second-order valence-corrected chi connectivity index (χ2v) is 3.08. The van der Waals surface area contributed by atoms with Crippen molar-refractivity contribution >= 4 is 34.5 Å². The molecule has 0 bridgehead atoms. The summed E-state index contributed by atoms with van der Waals surface area (Å²) in [5.74, 6) is -0.417. The number of carbonyl (C=O) groups excluding carboxylic acids is 1. The van der Waals surface area contributed by atoms with Gasteiger partial charge in [-0.3, -0.25) is 4.79 Å². The van der Waals surface area contributed by atoms with Crippen molar-refractivity contribution in [3.8, 4) is 0 Å². The van der Waals surface area contributed by atoms with Crippen LogP contribution >= 0.6 is 23.2 Å². The SMILES string of the molecule is O=C(Cl)C=Cc1ccc(F)cc1Cl. The average molecular weight is 219 g/mol. The van der Waals surface area contributed by atoms with E-state index in [0.717, 1.165) is 6.08 Å². The van der Waals surface area contributed by atoms with E-state index in [1.54, 1.807) is 0 Å². The van der Waals surface area contributed by atoms with Crippen LogP contribution in [0.3, 0.4) is 0 Å². The number of hydrogen-bond donors (Lipinski definition) is 0. The minimum absolute atomic E-state index is 0.245. The summed E-state index contributed by atoms with van der Waals surface area (Å²) < 4.78 is 12.5. The zero-order chi connectivity index (χ0) is 9.84. The van der Waals surface area contributed by atoms with Gasteiger partial charge >= 0.3 is 0 Å². The molecule has 0 N–H and O–H groups in total. The summed E-state index contributed by atoms with van der Waals surface area (Å²) in [6.45, 7) is 0. The first-order valence-electron chi connectivity index (χ1n) is 3.42. The molecule has 0 radical (unpaired) electrons. The van der Waals surface area contributed by atoms with Gasteiger partial charge in [0.1, 0.15) is 5.82 Å². The molecule has 4 heteroatoms. The van der Waals surface area contributed by atoms with Gasteiger partial charge in [-0.2, -0.15) is 0 Å². The molecule has 0 aliphatic heterocycles. The maximum absolute atomic E-state index is 12.5. The van der Waals surface area contributed by atoms with Crippen LogP contribution in [0.2, 0.25) is 5.02 Å². The summed E-state index contributed by atoms with van der Waals surface area (Å²) >= 11 is 10.7. The van der Waals surface area contributed by atoms with Gasteiger partial charge in [-0.25, -0.2) is 4.39 Å². The van der Waals surface area contributed by atoms with E-state index < -0.39 is 11.1 Å². The summed E-state index contributed by atoms with van der Waals surface area (Å²) in [7, 11) is 0. The molecule has 0 aromatic heterocycles. The van der Waals surface area contributed by atoms with Gasteiger partial charge in [-0.15, -0.1) is 0 Å². The van der Waals surface area contributed by atoms with E-state index in [1.165, 1.54) is 24.3 Å². The van der Waals surface area contributed by atoms with E-state index in [-0.39, 0.29) is 5.02 Å². The highest BCUT2D eigenvalue weighted by Gasteiger charge is 1.98. The number of benzene rings is 1. The van der Waals surface area contributed by atoms with Crippen LogP contribution in [-0.2, 0) is 4.79 Å². The second-order valence-electron chi connectivity index (χ2n) is 2.30. The first-order valence-corrected chi connectivity index (χ1v) is 4.18. The number of hydrogen-bond acceptors (Lipinski definition) is 1. The molecule has 0 fully saturated rings. The Morgan fingerprint density at radius 3 is 2.69 bits per heavy atom. The molecule has 1 aromatic rings. The van der Waals surface area contributed by atoms with Crippen molar-refractivity contribution in [1.82, 2.24) is 0 Å². The van der Waals surface area contributed by atoms with Crippen molar-refractivity contribution in [2.75, 3.05) is 0 Å². The molecule has 0 saturated heterocycles. The van der Waals surface area contributed by atoms with Gasteiger partial charge in [0.05, 0.1) is 5.02 Å². The molecule has 0 atom stereocenters. The van der Waals surface area contributed by atoms with Crippen molar-refractivity contribution in [1.29, 1.82) is 0 Å². The van der Waals surface area contributed by atoms with Crippen LogP contribution in [-0.4, -0.2) is 5.24 Å². The molecular weight excluding hydrogens is 214 g/mol. The highest BCUT2D eigenvalue weighted by Crippen LogP contribution is 2.18. The lowest BCUT2D eigenvalue weighted by Crippen LogP contribution is -1.80. The predicted molar refractivity (Wildman–Crippen MR) is 51.3 cm³/mol. The maximum Gasteiger partial charge on any atom is 0.245 e. The van der Waals surface area contributed by atoms with Crippen LogP contribution < -0.4 is 0 Å². The predicted octanol–water partition coefficient (Wildman–Crippen LogP) is 3.26. The first-order chi connectivity index (χ1) is 6.09. The molecule has 68 valence electrons. The van der Waals surface area contributed by atoms with Crippen LogP contribution in [0.15, 0.2) is 24.3 Å².